The van der Waals surface area contributed by atoms with Crippen LogP contribution in [0.2, 0.25) is 0 Å². The van der Waals surface area contributed by atoms with Crippen LogP contribution in [0.3, 0.4) is 0 Å². The fraction of sp³-hybridized carbons (Fsp3) is 0.292. The molecule has 0 radical (unpaired) electrons. The molecule has 0 saturated heterocycles. The summed E-state index contributed by atoms with van der Waals surface area (Å²) in [7, 11) is 0. The number of allylic oxidation sites excluding steroid dienone is 4. The minimum atomic E-state index is 0. The standard InChI is InChI=1S/C15H13.C9H13.2ClH.Zr/c1-10-3-5-14-12(7-10)9-13-8-11(2)4-6-15(13)14;1-3-8-5-6-9(4-2)7-8;;;/h3-9H,1-2H3;7H,3-5H2,1-2H3;2*1H;/q2*-1;;;+4/p-2. The molecule has 0 nitrogen and oxygen atoms in total. The maximum Gasteiger partial charge on any atom is 4.00 e. The average molecular weight is 477 g/mol. The van der Waals surface area contributed by atoms with Gasteiger partial charge in [0.05, 0.1) is 0 Å². The Morgan fingerprint density at radius 1 is 0.852 bits per heavy atom. The molecule has 1 aliphatic rings. The van der Waals surface area contributed by atoms with E-state index >= 15 is 0 Å². The summed E-state index contributed by atoms with van der Waals surface area (Å²) < 4.78 is 0. The zero-order valence-corrected chi connectivity index (χ0v) is 20.5. The van der Waals surface area contributed by atoms with Crippen molar-refractivity contribution in [3.8, 4) is 0 Å². The first-order valence-electron chi connectivity index (χ1n) is 8.96. The monoisotopic (exact) mass is 474 g/mol. The summed E-state index contributed by atoms with van der Waals surface area (Å²) >= 11 is 0. The second-order valence-corrected chi connectivity index (χ2v) is 6.71. The first kappa shape index (κ1) is 26.3. The predicted molar refractivity (Wildman–Crippen MR) is 107 cm³/mol. The Balaban J connectivity index is 0.000000498. The second kappa shape index (κ2) is 12.0. The Bertz CT molecular complexity index is 876. The molecule has 0 aromatic heterocycles. The molecule has 0 saturated carbocycles. The molecule has 3 aromatic rings. The molecule has 0 heterocycles. The molecule has 0 fully saturated rings. The van der Waals surface area contributed by atoms with Gasteiger partial charge in [-0.3, -0.25) is 6.08 Å². The first-order chi connectivity index (χ1) is 11.6. The molecule has 140 valence electrons. The van der Waals surface area contributed by atoms with Gasteiger partial charge in [0.15, 0.2) is 0 Å². The van der Waals surface area contributed by atoms with Crippen LogP contribution in [0.15, 0.2) is 59.7 Å². The van der Waals surface area contributed by atoms with Crippen molar-refractivity contribution in [2.45, 2.75) is 47.0 Å². The van der Waals surface area contributed by atoms with E-state index < -0.39 is 0 Å². The van der Waals surface area contributed by atoms with Crippen LogP contribution in [0.1, 0.15) is 44.2 Å². The molecule has 0 unspecified atom stereocenters. The van der Waals surface area contributed by atoms with E-state index in [1.807, 2.05) is 0 Å². The van der Waals surface area contributed by atoms with Crippen LogP contribution in [0.25, 0.3) is 21.5 Å². The Morgan fingerprint density at radius 2 is 1.37 bits per heavy atom. The van der Waals surface area contributed by atoms with Crippen LogP contribution in [-0.4, -0.2) is 0 Å². The first-order valence-corrected chi connectivity index (χ1v) is 8.96. The summed E-state index contributed by atoms with van der Waals surface area (Å²) in [5.41, 5.74) is 5.59. The van der Waals surface area contributed by atoms with Gasteiger partial charge in [-0.1, -0.05) is 62.1 Å². The molecule has 0 aliphatic heterocycles. The summed E-state index contributed by atoms with van der Waals surface area (Å²) in [5.74, 6) is 0. The molecule has 0 atom stereocenters. The fourth-order valence-corrected chi connectivity index (χ4v) is 3.29. The minimum absolute atomic E-state index is 0. The van der Waals surface area contributed by atoms with Crippen molar-refractivity contribution in [3.63, 3.8) is 0 Å². The second-order valence-electron chi connectivity index (χ2n) is 6.71. The smallest absolute Gasteiger partial charge is 1.00 e. The van der Waals surface area contributed by atoms with Gasteiger partial charge in [0.25, 0.3) is 0 Å². The number of fused-ring (bicyclic) bond motifs is 3. The third kappa shape index (κ3) is 6.38. The van der Waals surface area contributed by atoms with E-state index in [2.05, 4.69) is 82.3 Å². The number of benzene rings is 2. The van der Waals surface area contributed by atoms with Crippen molar-refractivity contribution in [1.29, 1.82) is 0 Å². The molecule has 0 spiro atoms. The summed E-state index contributed by atoms with van der Waals surface area (Å²) in [5, 5.41) is 5.46. The maximum atomic E-state index is 3.33. The molecule has 1 aliphatic carbocycles. The molecule has 4 rings (SSSR count). The normalized spacial score (nSPS) is 12.1. The predicted octanol–water partition coefficient (Wildman–Crippen LogP) is 1.20. The van der Waals surface area contributed by atoms with Gasteiger partial charge in [-0.05, 0) is 13.8 Å². The van der Waals surface area contributed by atoms with Crippen LogP contribution in [0, 0.1) is 19.9 Å². The quantitative estimate of drug-likeness (QED) is 0.488. The molecule has 0 amide bonds. The number of hydrogen-bond acceptors (Lipinski definition) is 0. The van der Waals surface area contributed by atoms with Crippen molar-refractivity contribution < 1.29 is 51.0 Å². The topological polar surface area (TPSA) is 0 Å². The number of rotatable bonds is 2. The Labute approximate surface area is 195 Å². The van der Waals surface area contributed by atoms with Gasteiger partial charge in [-0.15, -0.1) is 46.2 Å². The third-order valence-electron chi connectivity index (χ3n) is 4.77. The SMILES string of the molecule is CCC1=[C-]CC(CC)=C1.Cc1ccc2c(c1)[cH-]c1cc(C)ccc12.[Cl-].[Cl-].[Zr+4]. The molecular weight excluding hydrogens is 450 g/mol. The van der Waals surface area contributed by atoms with E-state index in [9.17, 15) is 0 Å². The summed E-state index contributed by atoms with van der Waals surface area (Å²) in [6.07, 6.45) is 9.03. The van der Waals surface area contributed by atoms with Crippen molar-refractivity contribution in [2.75, 3.05) is 0 Å². The number of hydrogen-bond donors (Lipinski definition) is 0. The van der Waals surface area contributed by atoms with Gasteiger partial charge in [0.1, 0.15) is 0 Å². The molecule has 0 bridgehead atoms. The fourth-order valence-electron chi connectivity index (χ4n) is 3.29. The van der Waals surface area contributed by atoms with Gasteiger partial charge < -0.3 is 24.8 Å². The molecule has 0 N–H and O–H groups in total. The summed E-state index contributed by atoms with van der Waals surface area (Å²) in [6.45, 7) is 8.66. The van der Waals surface area contributed by atoms with Gasteiger partial charge in [-0.25, -0.2) is 11.6 Å². The van der Waals surface area contributed by atoms with Crippen LogP contribution < -0.4 is 24.8 Å². The van der Waals surface area contributed by atoms with Crippen LogP contribution in [0.5, 0.6) is 0 Å². The zero-order valence-electron chi connectivity index (χ0n) is 16.5. The Hall–Kier alpha value is -0.747. The van der Waals surface area contributed by atoms with E-state index in [0.717, 1.165) is 12.8 Å². The average Bonchev–Trinajstić information content (AvgIpc) is 3.17. The van der Waals surface area contributed by atoms with Gasteiger partial charge in [-0.2, -0.15) is 5.57 Å². The van der Waals surface area contributed by atoms with E-state index in [-0.39, 0.29) is 51.0 Å². The molecule has 3 aromatic carbocycles. The Morgan fingerprint density at radius 3 is 1.74 bits per heavy atom. The van der Waals surface area contributed by atoms with Crippen molar-refractivity contribution in [2.24, 2.45) is 0 Å². The van der Waals surface area contributed by atoms with Crippen molar-refractivity contribution >= 4 is 21.5 Å². The molecule has 3 heteroatoms. The Kier molecular flexibility index (Phi) is 11.6. The molecular formula is C24H26Cl2Zr. The van der Waals surface area contributed by atoms with Crippen LogP contribution >= 0.6 is 0 Å². The van der Waals surface area contributed by atoms with Gasteiger partial charge in [0, 0.05) is 0 Å². The van der Waals surface area contributed by atoms with Crippen LogP contribution in [0.4, 0.5) is 0 Å². The summed E-state index contributed by atoms with van der Waals surface area (Å²) in [4.78, 5) is 0. The van der Waals surface area contributed by atoms with Gasteiger partial charge >= 0.3 is 26.2 Å². The van der Waals surface area contributed by atoms with Crippen LogP contribution in [-0.2, 0) is 26.2 Å². The summed E-state index contributed by atoms with van der Waals surface area (Å²) in [6, 6.07) is 15.6. The van der Waals surface area contributed by atoms with Crippen molar-refractivity contribution in [3.05, 3.63) is 76.9 Å². The third-order valence-corrected chi connectivity index (χ3v) is 4.77. The van der Waals surface area contributed by atoms with E-state index in [0.29, 0.717) is 0 Å². The number of aryl methyl sites for hydroxylation is 2. The minimum Gasteiger partial charge on any atom is -1.00 e. The van der Waals surface area contributed by atoms with E-state index in [1.54, 1.807) is 0 Å². The maximum absolute atomic E-state index is 3.33. The van der Waals surface area contributed by atoms with Crippen molar-refractivity contribution in [1.82, 2.24) is 0 Å². The largest absolute Gasteiger partial charge is 4.00 e. The van der Waals surface area contributed by atoms with Gasteiger partial charge in [0.2, 0.25) is 0 Å². The van der Waals surface area contributed by atoms with E-state index in [4.69, 9.17) is 0 Å². The number of halogens is 2. The molecule has 27 heavy (non-hydrogen) atoms. The van der Waals surface area contributed by atoms with E-state index in [1.165, 1.54) is 50.2 Å². The zero-order chi connectivity index (χ0) is 17.1.